The SMILES string of the molecule is CCOC(=O)CCS(=O)(=O)Nc1nc(OC)n[nH]1. The molecular weight excluding hydrogens is 264 g/mol. The maximum absolute atomic E-state index is 11.6. The first-order chi connectivity index (χ1) is 8.46. The van der Waals surface area contributed by atoms with Gasteiger partial charge in [-0.25, -0.2) is 13.5 Å². The smallest absolute Gasteiger partial charge is 0.336 e. The zero-order valence-corrected chi connectivity index (χ0v) is 10.8. The number of aromatic nitrogens is 3. The van der Waals surface area contributed by atoms with Crippen molar-refractivity contribution in [2.24, 2.45) is 0 Å². The van der Waals surface area contributed by atoms with Crippen LogP contribution in [0.3, 0.4) is 0 Å². The molecule has 0 aliphatic carbocycles. The summed E-state index contributed by atoms with van der Waals surface area (Å²) in [7, 11) is -2.33. The van der Waals surface area contributed by atoms with Gasteiger partial charge in [0.05, 0.1) is 25.9 Å². The van der Waals surface area contributed by atoms with E-state index in [9.17, 15) is 13.2 Å². The summed E-state index contributed by atoms with van der Waals surface area (Å²) in [5, 5.41) is 5.90. The van der Waals surface area contributed by atoms with E-state index in [0.717, 1.165) is 0 Å². The molecule has 0 unspecified atom stereocenters. The predicted molar refractivity (Wildman–Crippen MR) is 61.6 cm³/mol. The molecule has 0 aromatic carbocycles. The van der Waals surface area contributed by atoms with E-state index in [2.05, 4.69) is 29.4 Å². The summed E-state index contributed by atoms with van der Waals surface area (Å²) >= 11 is 0. The van der Waals surface area contributed by atoms with Crippen LogP contribution in [-0.2, 0) is 19.6 Å². The van der Waals surface area contributed by atoms with Gasteiger partial charge in [0.1, 0.15) is 0 Å². The Kier molecular flexibility index (Phi) is 4.89. The van der Waals surface area contributed by atoms with Gasteiger partial charge in [-0.1, -0.05) is 0 Å². The highest BCUT2D eigenvalue weighted by molar-refractivity contribution is 7.92. The summed E-state index contributed by atoms with van der Waals surface area (Å²) in [4.78, 5) is 14.7. The Morgan fingerprint density at radius 3 is 2.78 bits per heavy atom. The van der Waals surface area contributed by atoms with E-state index in [0.29, 0.717) is 0 Å². The van der Waals surface area contributed by atoms with E-state index in [1.54, 1.807) is 6.92 Å². The van der Waals surface area contributed by atoms with Gasteiger partial charge in [-0.15, -0.1) is 5.10 Å². The lowest BCUT2D eigenvalue weighted by Crippen LogP contribution is -2.20. The number of methoxy groups -OCH3 is 1. The van der Waals surface area contributed by atoms with Crippen LogP contribution >= 0.6 is 0 Å². The topological polar surface area (TPSA) is 123 Å². The summed E-state index contributed by atoms with van der Waals surface area (Å²) in [5.41, 5.74) is 0. The number of sulfonamides is 1. The van der Waals surface area contributed by atoms with Crippen molar-refractivity contribution in [3.8, 4) is 6.01 Å². The molecule has 0 spiro atoms. The normalized spacial score (nSPS) is 11.0. The Morgan fingerprint density at radius 2 is 2.22 bits per heavy atom. The fraction of sp³-hybridized carbons (Fsp3) is 0.625. The van der Waals surface area contributed by atoms with Crippen LogP contribution in [-0.4, -0.2) is 49.0 Å². The quantitative estimate of drug-likeness (QED) is 0.645. The van der Waals surface area contributed by atoms with Gasteiger partial charge < -0.3 is 9.47 Å². The van der Waals surface area contributed by atoms with E-state index in [1.165, 1.54) is 7.11 Å². The number of nitrogens with zero attached hydrogens (tertiary/aromatic N) is 2. The Labute approximate surface area is 104 Å². The minimum Gasteiger partial charge on any atom is -0.466 e. The number of hydrogen-bond donors (Lipinski definition) is 2. The highest BCUT2D eigenvalue weighted by atomic mass is 32.2. The highest BCUT2D eigenvalue weighted by Crippen LogP contribution is 2.07. The maximum atomic E-state index is 11.6. The molecule has 10 heteroatoms. The first-order valence-electron chi connectivity index (χ1n) is 5.09. The van der Waals surface area contributed by atoms with Crippen LogP contribution in [0.25, 0.3) is 0 Å². The molecule has 0 bridgehead atoms. The Morgan fingerprint density at radius 1 is 1.50 bits per heavy atom. The van der Waals surface area contributed by atoms with Gasteiger partial charge in [0.15, 0.2) is 0 Å². The van der Waals surface area contributed by atoms with Crippen molar-refractivity contribution in [2.75, 3.05) is 24.2 Å². The van der Waals surface area contributed by atoms with Gasteiger partial charge in [0, 0.05) is 0 Å². The van der Waals surface area contributed by atoms with E-state index in [1.807, 2.05) is 0 Å². The van der Waals surface area contributed by atoms with Gasteiger partial charge >= 0.3 is 12.0 Å². The molecule has 102 valence electrons. The number of carbonyl (C=O) groups excluding carboxylic acids is 1. The molecule has 0 aliphatic rings. The first-order valence-corrected chi connectivity index (χ1v) is 6.74. The lowest BCUT2D eigenvalue weighted by molar-refractivity contribution is -0.142. The van der Waals surface area contributed by atoms with Crippen LogP contribution in [0.5, 0.6) is 6.01 Å². The fourth-order valence-corrected chi connectivity index (χ4v) is 1.96. The molecule has 0 saturated heterocycles. The number of hydrogen-bond acceptors (Lipinski definition) is 7. The maximum Gasteiger partial charge on any atom is 0.336 e. The van der Waals surface area contributed by atoms with E-state index >= 15 is 0 Å². The van der Waals surface area contributed by atoms with Crippen LogP contribution in [0.2, 0.25) is 0 Å². The lowest BCUT2D eigenvalue weighted by atomic mass is 10.5. The van der Waals surface area contributed by atoms with Gasteiger partial charge in [-0.05, 0) is 6.92 Å². The van der Waals surface area contributed by atoms with Crippen molar-refractivity contribution in [3.05, 3.63) is 0 Å². The molecule has 18 heavy (non-hydrogen) atoms. The molecule has 0 fully saturated rings. The van der Waals surface area contributed by atoms with Crippen molar-refractivity contribution in [2.45, 2.75) is 13.3 Å². The van der Waals surface area contributed by atoms with Gasteiger partial charge in [-0.2, -0.15) is 4.98 Å². The molecule has 1 rings (SSSR count). The molecule has 0 aliphatic heterocycles. The highest BCUT2D eigenvalue weighted by Gasteiger charge is 2.16. The van der Waals surface area contributed by atoms with Crippen LogP contribution in [0, 0.1) is 0 Å². The minimum atomic E-state index is -3.68. The monoisotopic (exact) mass is 278 g/mol. The zero-order chi connectivity index (χ0) is 13.6. The minimum absolute atomic E-state index is 0.0121. The second-order valence-corrected chi connectivity index (χ2v) is 4.99. The second-order valence-electron chi connectivity index (χ2n) is 3.15. The zero-order valence-electron chi connectivity index (χ0n) is 9.97. The number of aromatic amines is 1. The van der Waals surface area contributed by atoms with Crippen LogP contribution in [0.15, 0.2) is 0 Å². The Bertz CT molecular complexity index is 497. The summed E-state index contributed by atoms with van der Waals surface area (Å²) in [6.45, 7) is 1.86. The molecule has 9 nitrogen and oxygen atoms in total. The second kappa shape index (κ2) is 6.19. The van der Waals surface area contributed by atoms with Crippen molar-refractivity contribution in [1.82, 2.24) is 15.2 Å². The third-order valence-electron chi connectivity index (χ3n) is 1.78. The standard InChI is InChI=1S/C8H14N4O5S/c1-3-17-6(13)4-5-18(14,15)12-7-9-8(16-2)11-10-7/h3-5H2,1-2H3,(H2,9,10,11,12). The molecule has 1 aromatic heterocycles. The number of esters is 1. The number of H-pyrrole nitrogens is 1. The third kappa shape index (κ3) is 4.57. The van der Waals surface area contributed by atoms with Crippen molar-refractivity contribution in [3.63, 3.8) is 0 Å². The number of anilines is 1. The first kappa shape index (κ1) is 14.2. The van der Waals surface area contributed by atoms with Crippen molar-refractivity contribution in [1.29, 1.82) is 0 Å². The summed E-state index contributed by atoms with van der Waals surface area (Å²) in [6, 6.07) is 0.0121. The van der Waals surface area contributed by atoms with E-state index < -0.39 is 21.7 Å². The Hall–Kier alpha value is -1.84. The molecular formula is C8H14N4O5S. The molecule has 0 atom stereocenters. The number of rotatable bonds is 7. The molecule has 2 N–H and O–H groups in total. The average Bonchev–Trinajstić information content (AvgIpc) is 2.74. The van der Waals surface area contributed by atoms with Gasteiger partial charge in [0.2, 0.25) is 16.0 Å². The van der Waals surface area contributed by atoms with Crippen molar-refractivity contribution < 1.29 is 22.7 Å². The lowest BCUT2D eigenvalue weighted by Gasteiger charge is -2.04. The summed E-state index contributed by atoms with van der Waals surface area (Å²) < 4.78 is 34.5. The third-order valence-corrected chi connectivity index (χ3v) is 3.03. The predicted octanol–water partition coefficient (Wildman–Crippen LogP) is -0.492. The largest absolute Gasteiger partial charge is 0.466 e. The van der Waals surface area contributed by atoms with Crippen molar-refractivity contribution >= 4 is 21.9 Å². The number of ether oxygens (including phenoxy) is 2. The van der Waals surface area contributed by atoms with Crippen LogP contribution < -0.4 is 9.46 Å². The molecule has 0 radical (unpaired) electrons. The molecule has 0 amide bonds. The molecule has 1 heterocycles. The molecule has 1 aromatic rings. The van der Waals surface area contributed by atoms with Crippen LogP contribution in [0.4, 0.5) is 5.95 Å². The van der Waals surface area contributed by atoms with E-state index in [-0.39, 0.29) is 25.0 Å². The van der Waals surface area contributed by atoms with Crippen LogP contribution in [0.1, 0.15) is 13.3 Å². The van der Waals surface area contributed by atoms with Gasteiger partial charge in [0.25, 0.3) is 0 Å². The average molecular weight is 278 g/mol. The number of carbonyl (C=O) groups is 1. The summed E-state index contributed by atoms with van der Waals surface area (Å²) in [6.07, 6.45) is -0.228. The number of nitrogens with one attached hydrogen (secondary N) is 2. The summed E-state index contributed by atoms with van der Waals surface area (Å²) in [5.74, 6) is -1.04. The molecule has 0 saturated carbocycles. The van der Waals surface area contributed by atoms with Gasteiger partial charge in [-0.3, -0.25) is 9.52 Å². The Balaban J connectivity index is 2.51. The fourth-order valence-electron chi connectivity index (χ4n) is 1.03. The van der Waals surface area contributed by atoms with E-state index in [4.69, 9.17) is 0 Å².